The summed E-state index contributed by atoms with van der Waals surface area (Å²) in [7, 11) is 0. The normalized spacial score (nSPS) is 14.1. The molecule has 1 heterocycles. The summed E-state index contributed by atoms with van der Waals surface area (Å²) in [4.78, 5) is 29.1. The van der Waals surface area contributed by atoms with Crippen molar-refractivity contribution < 1.29 is 9.59 Å². The molecule has 140 valence electrons. The van der Waals surface area contributed by atoms with Gasteiger partial charge in [-0.25, -0.2) is 0 Å². The van der Waals surface area contributed by atoms with Crippen LogP contribution in [0.2, 0.25) is 0 Å². The van der Waals surface area contributed by atoms with E-state index in [0.29, 0.717) is 16.9 Å². The van der Waals surface area contributed by atoms with Crippen LogP contribution in [0.3, 0.4) is 0 Å². The Morgan fingerprint density at radius 3 is 2.22 bits per heavy atom. The molecule has 0 fully saturated rings. The van der Waals surface area contributed by atoms with Gasteiger partial charge < -0.3 is 10.2 Å². The molecule has 2 amide bonds. The summed E-state index contributed by atoms with van der Waals surface area (Å²) in [6, 6.07) is 14.4. The highest BCUT2D eigenvalue weighted by Gasteiger charge is 2.36. The molecule has 0 unspecified atom stereocenters. The molecule has 2 aromatic rings. The Morgan fingerprint density at radius 1 is 1.07 bits per heavy atom. The number of amides is 2. The summed E-state index contributed by atoms with van der Waals surface area (Å²) in [5, 5.41) is 2.90. The monoisotopic (exact) mass is 363 g/mol. The van der Waals surface area contributed by atoms with Gasteiger partial charge in [-0.1, -0.05) is 24.8 Å². The van der Waals surface area contributed by atoms with Gasteiger partial charge >= 0.3 is 0 Å². The second kappa shape index (κ2) is 7.66. The first-order valence-electron chi connectivity index (χ1n) is 9.25. The van der Waals surface area contributed by atoms with Crippen LogP contribution < -0.4 is 10.2 Å². The van der Waals surface area contributed by atoms with E-state index in [1.54, 1.807) is 13.0 Å². The first kappa shape index (κ1) is 18.7. The van der Waals surface area contributed by atoms with Gasteiger partial charge in [-0.2, -0.15) is 0 Å². The number of fused-ring (bicyclic) bond motifs is 1. The summed E-state index contributed by atoms with van der Waals surface area (Å²) < 4.78 is 0. The van der Waals surface area contributed by atoms with E-state index < -0.39 is 6.04 Å². The smallest absolute Gasteiger partial charge is 0.259 e. The van der Waals surface area contributed by atoms with E-state index in [1.165, 1.54) is 4.90 Å². The second-order valence-corrected chi connectivity index (χ2v) is 6.55. The molecule has 0 aliphatic carbocycles. The van der Waals surface area contributed by atoms with Gasteiger partial charge in [0.1, 0.15) is 6.04 Å². The molecule has 1 aliphatic heterocycles. The standard InChI is InChI=1S/C22H25N3O2/c1-5-24(6-2)18-13-11-17(12-14-18)23-21(26)16(4)25-15(3)19-9-7-8-10-20(19)22(25)27/h7-14,16H,3,5-6H2,1-2,4H3,(H,23,26)/t16-/m1/s1. The van der Waals surface area contributed by atoms with Gasteiger partial charge in [0.25, 0.3) is 5.91 Å². The van der Waals surface area contributed by atoms with Crippen LogP contribution in [0.25, 0.3) is 5.70 Å². The quantitative estimate of drug-likeness (QED) is 0.844. The lowest BCUT2D eigenvalue weighted by Crippen LogP contribution is -2.41. The number of carbonyl (C=O) groups is 2. The predicted molar refractivity (Wildman–Crippen MR) is 110 cm³/mol. The maximum Gasteiger partial charge on any atom is 0.259 e. The third-order valence-electron chi connectivity index (χ3n) is 5.01. The average molecular weight is 363 g/mol. The number of nitrogens with one attached hydrogen (secondary N) is 1. The molecule has 27 heavy (non-hydrogen) atoms. The van der Waals surface area contributed by atoms with Gasteiger partial charge in [-0.05, 0) is 51.1 Å². The number of nitrogens with zero attached hydrogens (tertiary/aromatic N) is 2. The second-order valence-electron chi connectivity index (χ2n) is 6.55. The number of anilines is 2. The number of hydrogen-bond donors (Lipinski definition) is 1. The van der Waals surface area contributed by atoms with E-state index >= 15 is 0 Å². The topological polar surface area (TPSA) is 52.7 Å². The summed E-state index contributed by atoms with van der Waals surface area (Å²) in [6.45, 7) is 11.8. The highest BCUT2D eigenvalue weighted by molar-refractivity contribution is 6.11. The van der Waals surface area contributed by atoms with Gasteiger partial charge in [-0.3, -0.25) is 14.5 Å². The van der Waals surface area contributed by atoms with Crippen molar-refractivity contribution in [2.24, 2.45) is 0 Å². The van der Waals surface area contributed by atoms with Crippen LogP contribution in [0.15, 0.2) is 55.1 Å². The zero-order valence-corrected chi connectivity index (χ0v) is 16.0. The van der Waals surface area contributed by atoms with E-state index in [1.807, 2.05) is 42.5 Å². The molecular weight excluding hydrogens is 338 g/mol. The first-order valence-corrected chi connectivity index (χ1v) is 9.25. The summed E-state index contributed by atoms with van der Waals surface area (Å²) in [5.74, 6) is -0.428. The molecule has 3 rings (SSSR count). The van der Waals surface area contributed by atoms with E-state index in [2.05, 4.69) is 30.6 Å². The van der Waals surface area contributed by atoms with Crippen LogP contribution in [-0.2, 0) is 4.79 Å². The number of hydrogen-bond acceptors (Lipinski definition) is 3. The molecule has 0 bridgehead atoms. The average Bonchev–Trinajstić information content (AvgIpc) is 2.94. The predicted octanol–water partition coefficient (Wildman–Crippen LogP) is 3.99. The van der Waals surface area contributed by atoms with E-state index in [9.17, 15) is 9.59 Å². The van der Waals surface area contributed by atoms with Crippen molar-refractivity contribution in [3.63, 3.8) is 0 Å². The van der Waals surface area contributed by atoms with Crippen molar-refractivity contribution in [2.45, 2.75) is 26.8 Å². The minimum absolute atomic E-state index is 0.185. The van der Waals surface area contributed by atoms with E-state index in [4.69, 9.17) is 0 Å². The molecule has 0 spiro atoms. The van der Waals surface area contributed by atoms with Crippen molar-refractivity contribution in [2.75, 3.05) is 23.3 Å². The Kier molecular flexibility index (Phi) is 5.31. The fraction of sp³-hybridized carbons (Fsp3) is 0.273. The lowest BCUT2D eigenvalue weighted by atomic mass is 10.1. The SMILES string of the molecule is C=C1c2ccccc2C(=O)N1[C@H](C)C(=O)Nc1ccc(N(CC)CC)cc1. The third-order valence-corrected chi connectivity index (χ3v) is 5.01. The lowest BCUT2D eigenvalue weighted by Gasteiger charge is -2.25. The molecule has 1 N–H and O–H groups in total. The molecule has 1 atom stereocenters. The Hall–Kier alpha value is -3.08. The molecule has 2 aromatic carbocycles. The molecule has 0 radical (unpaired) electrons. The summed E-state index contributed by atoms with van der Waals surface area (Å²) in [6.07, 6.45) is 0. The fourth-order valence-electron chi connectivity index (χ4n) is 3.42. The van der Waals surface area contributed by atoms with E-state index in [0.717, 1.165) is 24.3 Å². The van der Waals surface area contributed by atoms with Crippen LogP contribution in [-0.4, -0.2) is 35.8 Å². The Bertz CT molecular complexity index is 834. The molecule has 5 nitrogen and oxygen atoms in total. The molecule has 1 aliphatic rings. The van der Waals surface area contributed by atoms with Crippen molar-refractivity contribution in [1.82, 2.24) is 4.90 Å². The number of rotatable bonds is 6. The molecule has 0 aromatic heterocycles. The van der Waals surface area contributed by atoms with Crippen LogP contribution in [0.1, 0.15) is 36.7 Å². The van der Waals surface area contributed by atoms with Crippen LogP contribution in [0, 0.1) is 0 Å². The van der Waals surface area contributed by atoms with Crippen molar-refractivity contribution >= 4 is 28.9 Å². The van der Waals surface area contributed by atoms with Crippen LogP contribution >= 0.6 is 0 Å². The van der Waals surface area contributed by atoms with Crippen LogP contribution in [0.5, 0.6) is 0 Å². The van der Waals surface area contributed by atoms with Crippen molar-refractivity contribution in [1.29, 1.82) is 0 Å². The summed E-state index contributed by atoms with van der Waals surface area (Å²) in [5.41, 5.74) is 3.76. The minimum Gasteiger partial charge on any atom is -0.372 e. The zero-order chi connectivity index (χ0) is 19.6. The van der Waals surface area contributed by atoms with Gasteiger partial charge in [0.2, 0.25) is 5.91 Å². The minimum atomic E-state index is -0.653. The van der Waals surface area contributed by atoms with Crippen LogP contribution in [0.4, 0.5) is 11.4 Å². The van der Waals surface area contributed by atoms with Gasteiger partial charge in [0, 0.05) is 41.3 Å². The molecular formula is C22H25N3O2. The molecule has 5 heteroatoms. The van der Waals surface area contributed by atoms with Gasteiger partial charge in [-0.15, -0.1) is 0 Å². The zero-order valence-electron chi connectivity index (χ0n) is 16.0. The number of benzene rings is 2. The Balaban J connectivity index is 1.72. The van der Waals surface area contributed by atoms with Gasteiger partial charge in [0.05, 0.1) is 0 Å². The lowest BCUT2D eigenvalue weighted by molar-refractivity contribution is -0.119. The molecule has 0 saturated carbocycles. The maximum atomic E-state index is 12.7. The fourth-order valence-corrected chi connectivity index (χ4v) is 3.42. The number of carbonyl (C=O) groups excluding carboxylic acids is 2. The highest BCUT2D eigenvalue weighted by atomic mass is 16.2. The largest absolute Gasteiger partial charge is 0.372 e. The van der Waals surface area contributed by atoms with Crippen molar-refractivity contribution in [3.8, 4) is 0 Å². The maximum absolute atomic E-state index is 12.7. The Morgan fingerprint density at radius 2 is 1.67 bits per heavy atom. The summed E-state index contributed by atoms with van der Waals surface area (Å²) >= 11 is 0. The molecule has 0 saturated heterocycles. The first-order chi connectivity index (χ1) is 13.0. The van der Waals surface area contributed by atoms with Crippen molar-refractivity contribution in [3.05, 3.63) is 66.2 Å². The van der Waals surface area contributed by atoms with Gasteiger partial charge in [0.15, 0.2) is 0 Å². The Labute approximate surface area is 160 Å². The highest BCUT2D eigenvalue weighted by Crippen LogP contribution is 2.33. The van der Waals surface area contributed by atoms with E-state index in [-0.39, 0.29) is 11.8 Å². The third kappa shape index (κ3) is 3.45.